The summed E-state index contributed by atoms with van der Waals surface area (Å²) in [7, 11) is 0. The number of nitrogens with zero attached hydrogens (tertiary/aromatic N) is 2. The Morgan fingerprint density at radius 1 is 1.35 bits per heavy atom. The van der Waals surface area contributed by atoms with Gasteiger partial charge in [-0.3, -0.25) is 14.5 Å². The molecule has 23 heavy (non-hydrogen) atoms. The maximum absolute atomic E-state index is 12.1. The average molecular weight is 370 g/mol. The van der Waals surface area contributed by atoms with Gasteiger partial charge in [-0.05, 0) is 24.6 Å². The van der Waals surface area contributed by atoms with E-state index >= 15 is 0 Å². The van der Waals surface area contributed by atoms with Gasteiger partial charge in [-0.15, -0.1) is 11.3 Å². The summed E-state index contributed by atoms with van der Waals surface area (Å²) in [6.45, 7) is 0.696. The Kier molecular flexibility index (Phi) is 4.84. The van der Waals surface area contributed by atoms with E-state index in [1.165, 1.54) is 11.3 Å². The highest BCUT2D eigenvalue weighted by Gasteiger charge is 2.24. The first kappa shape index (κ1) is 16.2. The summed E-state index contributed by atoms with van der Waals surface area (Å²) in [5.74, 6) is -0.112. The zero-order valence-corrected chi connectivity index (χ0v) is 14.3. The fourth-order valence-corrected chi connectivity index (χ4v) is 3.46. The van der Waals surface area contributed by atoms with Crippen LogP contribution in [0.2, 0.25) is 10.0 Å². The Morgan fingerprint density at radius 3 is 2.87 bits per heavy atom. The molecule has 0 saturated carbocycles. The van der Waals surface area contributed by atoms with Crippen LogP contribution >= 0.6 is 34.5 Å². The Hall–Kier alpha value is -1.63. The number of aromatic nitrogens is 1. The van der Waals surface area contributed by atoms with Crippen molar-refractivity contribution in [2.24, 2.45) is 0 Å². The predicted molar refractivity (Wildman–Crippen MR) is 92.5 cm³/mol. The highest BCUT2D eigenvalue weighted by molar-refractivity contribution is 7.14. The molecule has 8 heteroatoms. The first-order valence-electron chi connectivity index (χ1n) is 7.02. The van der Waals surface area contributed by atoms with Crippen LogP contribution in [0.4, 0.5) is 10.8 Å². The lowest BCUT2D eigenvalue weighted by Crippen LogP contribution is -2.23. The molecule has 5 nitrogen and oxygen atoms in total. The number of hydrogen-bond acceptors (Lipinski definition) is 4. The standard InChI is InChI=1S/C15H13Cl2N3O2S/c16-11-4-3-9(6-12(11)17)18-13(21)7-10-8-23-15(19-10)20-5-1-2-14(20)22/h3-4,6,8H,1-2,5,7H2,(H,18,21). The Morgan fingerprint density at radius 2 is 2.17 bits per heavy atom. The highest BCUT2D eigenvalue weighted by atomic mass is 35.5. The first-order valence-corrected chi connectivity index (χ1v) is 8.66. The number of benzene rings is 1. The third-order valence-corrected chi connectivity index (χ3v) is 5.04. The van der Waals surface area contributed by atoms with E-state index in [0.717, 1.165) is 6.42 Å². The molecule has 3 rings (SSSR count). The van der Waals surface area contributed by atoms with Crippen LogP contribution in [-0.2, 0) is 16.0 Å². The predicted octanol–water partition coefficient (Wildman–Crippen LogP) is 3.76. The molecule has 120 valence electrons. The molecule has 0 bridgehead atoms. The van der Waals surface area contributed by atoms with Gasteiger partial charge in [0.25, 0.3) is 0 Å². The van der Waals surface area contributed by atoms with E-state index in [4.69, 9.17) is 23.2 Å². The molecular weight excluding hydrogens is 357 g/mol. The van der Waals surface area contributed by atoms with E-state index in [0.29, 0.717) is 39.5 Å². The molecule has 1 aromatic carbocycles. The molecule has 0 aliphatic carbocycles. The maximum atomic E-state index is 12.1. The summed E-state index contributed by atoms with van der Waals surface area (Å²) in [6.07, 6.45) is 1.55. The molecule has 0 unspecified atom stereocenters. The summed E-state index contributed by atoms with van der Waals surface area (Å²) >= 11 is 13.1. The molecule has 2 aromatic rings. The van der Waals surface area contributed by atoms with Crippen LogP contribution in [0.1, 0.15) is 18.5 Å². The average Bonchev–Trinajstić information content (AvgIpc) is 3.11. The number of carbonyl (C=O) groups is 2. The van der Waals surface area contributed by atoms with E-state index in [1.807, 2.05) is 0 Å². The minimum Gasteiger partial charge on any atom is -0.326 e. The zero-order valence-electron chi connectivity index (χ0n) is 12.0. The third-order valence-electron chi connectivity index (χ3n) is 3.39. The van der Waals surface area contributed by atoms with Crippen LogP contribution < -0.4 is 10.2 Å². The van der Waals surface area contributed by atoms with Gasteiger partial charge in [0.05, 0.1) is 22.2 Å². The SMILES string of the molecule is O=C(Cc1csc(N2CCCC2=O)n1)Nc1ccc(Cl)c(Cl)c1. The van der Waals surface area contributed by atoms with E-state index < -0.39 is 0 Å². The van der Waals surface area contributed by atoms with E-state index in [1.54, 1.807) is 28.5 Å². The maximum Gasteiger partial charge on any atom is 0.230 e. The Bertz CT molecular complexity index is 763. The molecule has 2 heterocycles. The molecule has 2 amide bonds. The summed E-state index contributed by atoms with van der Waals surface area (Å²) in [5, 5.41) is 6.02. The van der Waals surface area contributed by atoms with Crippen molar-refractivity contribution in [1.29, 1.82) is 0 Å². The van der Waals surface area contributed by atoms with Crippen LogP contribution in [-0.4, -0.2) is 23.3 Å². The van der Waals surface area contributed by atoms with E-state index in [9.17, 15) is 9.59 Å². The second-order valence-corrected chi connectivity index (χ2v) is 6.78. The summed E-state index contributed by atoms with van der Waals surface area (Å²) in [5.41, 5.74) is 1.22. The summed E-state index contributed by atoms with van der Waals surface area (Å²) in [6, 6.07) is 4.90. The van der Waals surface area contributed by atoms with Crippen molar-refractivity contribution < 1.29 is 9.59 Å². The monoisotopic (exact) mass is 369 g/mol. The number of hydrogen-bond donors (Lipinski definition) is 1. The third kappa shape index (κ3) is 3.83. The van der Waals surface area contributed by atoms with Crippen molar-refractivity contribution >= 4 is 57.2 Å². The number of thiazole rings is 1. The van der Waals surface area contributed by atoms with Crippen molar-refractivity contribution in [2.75, 3.05) is 16.8 Å². The molecule has 0 spiro atoms. The second kappa shape index (κ2) is 6.86. The fraction of sp³-hybridized carbons (Fsp3) is 0.267. The van der Waals surface area contributed by atoms with Crippen molar-refractivity contribution in [3.63, 3.8) is 0 Å². The fourth-order valence-electron chi connectivity index (χ4n) is 2.30. The quantitative estimate of drug-likeness (QED) is 0.892. The first-order chi connectivity index (χ1) is 11.0. The van der Waals surface area contributed by atoms with Crippen molar-refractivity contribution in [1.82, 2.24) is 4.98 Å². The van der Waals surface area contributed by atoms with Crippen LogP contribution in [0.25, 0.3) is 0 Å². The van der Waals surface area contributed by atoms with Gasteiger partial charge in [-0.1, -0.05) is 23.2 Å². The molecule has 1 fully saturated rings. The smallest absolute Gasteiger partial charge is 0.230 e. The van der Waals surface area contributed by atoms with Gasteiger partial charge in [0.1, 0.15) is 0 Å². The molecule has 1 saturated heterocycles. The minimum atomic E-state index is -0.201. The van der Waals surface area contributed by atoms with Gasteiger partial charge in [0, 0.05) is 24.0 Å². The number of carbonyl (C=O) groups excluding carboxylic acids is 2. The van der Waals surface area contributed by atoms with Gasteiger partial charge < -0.3 is 5.32 Å². The normalized spacial score (nSPS) is 14.3. The summed E-state index contributed by atoms with van der Waals surface area (Å²) < 4.78 is 0. The molecule has 1 aromatic heterocycles. The minimum absolute atomic E-state index is 0.0890. The van der Waals surface area contributed by atoms with Crippen LogP contribution in [0.3, 0.4) is 0 Å². The zero-order chi connectivity index (χ0) is 16.4. The van der Waals surface area contributed by atoms with E-state index in [2.05, 4.69) is 10.3 Å². The van der Waals surface area contributed by atoms with Gasteiger partial charge >= 0.3 is 0 Å². The van der Waals surface area contributed by atoms with Crippen LogP contribution in [0, 0.1) is 0 Å². The molecule has 0 atom stereocenters. The molecule has 1 aliphatic heterocycles. The van der Waals surface area contributed by atoms with Crippen LogP contribution in [0.5, 0.6) is 0 Å². The lowest BCUT2D eigenvalue weighted by atomic mass is 10.3. The highest BCUT2D eigenvalue weighted by Crippen LogP contribution is 2.27. The number of nitrogens with one attached hydrogen (secondary N) is 1. The van der Waals surface area contributed by atoms with Gasteiger partial charge in [-0.25, -0.2) is 4.98 Å². The van der Waals surface area contributed by atoms with E-state index in [-0.39, 0.29) is 18.2 Å². The summed E-state index contributed by atoms with van der Waals surface area (Å²) in [4.78, 5) is 29.8. The second-order valence-electron chi connectivity index (χ2n) is 5.12. The van der Waals surface area contributed by atoms with Crippen molar-refractivity contribution in [3.8, 4) is 0 Å². The number of rotatable bonds is 4. The number of amides is 2. The molecular formula is C15H13Cl2N3O2S. The van der Waals surface area contributed by atoms with Gasteiger partial charge in [0.15, 0.2) is 5.13 Å². The largest absolute Gasteiger partial charge is 0.326 e. The van der Waals surface area contributed by atoms with Crippen molar-refractivity contribution in [2.45, 2.75) is 19.3 Å². The Balaban J connectivity index is 1.63. The molecule has 1 N–H and O–H groups in total. The Labute approximate surface area is 147 Å². The lowest BCUT2D eigenvalue weighted by Gasteiger charge is -2.10. The van der Waals surface area contributed by atoms with Gasteiger partial charge in [0.2, 0.25) is 11.8 Å². The van der Waals surface area contributed by atoms with Crippen molar-refractivity contribution in [3.05, 3.63) is 39.3 Å². The van der Waals surface area contributed by atoms with Crippen LogP contribution in [0.15, 0.2) is 23.6 Å². The molecule has 0 radical (unpaired) electrons. The number of halogens is 2. The van der Waals surface area contributed by atoms with Gasteiger partial charge in [-0.2, -0.15) is 0 Å². The number of anilines is 2. The lowest BCUT2D eigenvalue weighted by molar-refractivity contribution is -0.117. The topological polar surface area (TPSA) is 62.3 Å². The molecule has 1 aliphatic rings.